The second-order valence-electron chi connectivity index (χ2n) is 6.26. The zero-order chi connectivity index (χ0) is 20.1. The van der Waals surface area contributed by atoms with Crippen molar-refractivity contribution in [3.63, 3.8) is 0 Å². The summed E-state index contributed by atoms with van der Waals surface area (Å²) in [5, 5.41) is 3.27. The first-order valence-electron chi connectivity index (χ1n) is 8.30. The minimum Gasteiger partial charge on any atom is -0.451 e. The highest BCUT2D eigenvalue weighted by molar-refractivity contribution is 6.35. The van der Waals surface area contributed by atoms with Gasteiger partial charge in [0.15, 0.2) is 6.10 Å². The Morgan fingerprint density at radius 1 is 0.963 bits per heavy atom. The van der Waals surface area contributed by atoms with Crippen LogP contribution < -0.4 is 5.32 Å². The molecule has 0 aliphatic heterocycles. The van der Waals surface area contributed by atoms with Gasteiger partial charge in [-0.25, -0.2) is 4.79 Å². The summed E-state index contributed by atoms with van der Waals surface area (Å²) in [4.78, 5) is 36.4. The van der Waals surface area contributed by atoms with Crippen LogP contribution in [-0.4, -0.2) is 23.8 Å². The smallest absolute Gasteiger partial charge is 0.340 e. The Hall–Kier alpha value is -2.37. The van der Waals surface area contributed by atoms with Crippen LogP contribution in [0.4, 0.5) is 5.69 Å². The number of halogens is 2. The highest BCUT2D eigenvalue weighted by Crippen LogP contribution is 2.22. The van der Waals surface area contributed by atoms with Gasteiger partial charge in [-0.2, -0.15) is 0 Å². The molecule has 0 aliphatic carbocycles. The molecule has 0 saturated carbocycles. The SMILES string of the molecule is CC(C)C(=O)Nc1ccc(C(=O)C(C)OC(=O)c2cc(Cl)ccc2Cl)cc1. The summed E-state index contributed by atoms with van der Waals surface area (Å²) in [5.74, 6) is -1.37. The summed E-state index contributed by atoms with van der Waals surface area (Å²) in [6.45, 7) is 5.05. The number of esters is 1. The van der Waals surface area contributed by atoms with Crippen molar-refractivity contribution in [3.05, 3.63) is 63.6 Å². The van der Waals surface area contributed by atoms with Crippen LogP contribution >= 0.6 is 23.2 Å². The standard InChI is InChI=1S/C20H19Cl2NO4/c1-11(2)19(25)23-15-7-4-13(5-8-15)18(24)12(3)27-20(26)16-10-14(21)6-9-17(16)22/h4-12H,1-3H3,(H,23,25). The van der Waals surface area contributed by atoms with Gasteiger partial charge in [0.05, 0.1) is 10.6 Å². The van der Waals surface area contributed by atoms with Crippen LogP contribution in [0.2, 0.25) is 10.0 Å². The first-order valence-corrected chi connectivity index (χ1v) is 9.05. The third-order valence-electron chi connectivity index (χ3n) is 3.76. The molecule has 0 radical (unpaired) electrons. The molecule has 2 rings (SSSR count). The molecule has 7 heteroatoms. The maximum atomic E-state index is 12.5. The minimum absolute atomic E-state index is 0.0931. The number of Topliss-reactive ketones (excluding diaryl/α,β-unsaturated/α-hetero) is 1. The lowest BCUT2D eigenvalue weighted by Gasteiger charge is -2.14. The van der Waals surface area contributed by atoms with Crippen molar-refractivity contribution in [1.82, 2.24) is 0 Å². The Morgan fingerprint density at radius 2 is 1.59 bits per heavy atom. The van der Waals surface area contributed by atoms with Gasteiger partial charge in [-0.1, -0.05) is 37.0 Å². The number of carbonyl (C=O) groups is 3. The van der Waals surface area contributed by atoms with Gasteiger partial charge < -0.3 is 10.1 Å². The third kappa shape index (κ3) is 5.55. The number of benzene rings is 2. The molecule has 1 N–H and O–H groups in total. The molecule has 2 aromatic rings. The van der Waals surface area contributed by atoms with Crippen LogP contribution in [0, 0.1) is 5.92 Å². The van der Waals surface area contributed by atoms with Crippen molar-refractivity contribution < 1.29 is 19.1 Å². The van der Waals surface area contributed by atoms with E-state index in [9.17, 15) is 14.4 Å². The van der Waals surface area contributed by atoms with Crippen molar-refractivity contribution in [2.24, 2.45) is 5.92 Å². The largest absolute Gasteiger partial charge is 0.451 e. The lowest BCUT2D eigenvalue weighted by atomic mass is 10.1. The Balaban J connectivity index is 2.05. The second kappa shape index (κ2) is 9.02. The molecular weight excluding hydrogens is 389 g/mol. The second-order valence-corrected chi connectivity index (χ2v) is 7.10. The van der Waals surface area contributed by atoms with E-state index in [0.29, 0.717) is 16.3 Å². The Bertz CT molecular complexity index is 863. The van der Waals surface area contributed by atoms with Crippen molar-refractivity contribution in [2.45, 2.75) is 26.9 Å². The zero-order valence-corrected chi connectivity index (χ0v) is 16.6. The fraction of sp³-hybridized carbons (Fsp3) is 0.250. The summed E-state index contributed by atoms with van der Waals surface area (Å²) < 4.78 is 5.21. The van der Waals surface area contributed by atoms with Gasteiger partial charge in [0, 0.05) is 22.2 Å². The molecule has 142 valence electrons. The van der Waals surface area contributed by atoms with Crippen LogP contribution in [0.3, 0.4) is 0 Å². The minimum atomic E-state index is -1.01. The lowest BCUT2D eigenvalue weighted by molar-refractivity contribution is -0.118. The molecule has 1 unspecified atom stereocenters. The molecule has 0 spiro atoms. The first kappa shape index (κ1) is 20.9. The number of ether oxygens (including phenoxy) is 1. The van der Waals surface area contributed by atoms with E-state index < -0.39 is 12.1 Å². The van der Waals surface area contributed by atoms with E-state index in [4.69, 9.17) is 27.9 Å². The van der Waals surface area contributed by atoms with Crippen LogP contribution in [-0.2, 0) is 9.53 Å². The van der Waals surface area contributed by atoms with Crippen molar-refractivity contribution in [1.29, 1.82) is 0 Å². The summed E-state index contributed by atoms with van der Waals surface area (Å²) in [5.41, 5.74) is 1.03. The van der Waals surface area contributed by atoms with Crippen molar-refractivity contribution in [3.8, 4) is 0 Å². The van der Waals surface area contributed by atoms with E-state index in [1.807, 2.05) is 0 Å². The average Bonchev–Trinajstić information content (AvgIpc) is 2.63. The quantitative estimate of drug-likeness (QED) is 0.538. The average molecular weight is 408 g/mol. The van der Waals surface area contributed by atoms with Crippen LogP contribution in [0.15, 0.2) is 42.5 Å². The molecule has 0 fully saturated rings. The first-order chi connectivity index (χ1) is 12.7. The van der Waals surface area contributed by atoms with E-state index in [2.05, 4.69) is 5.32 Å². The Kier molecular flexibility index (Phi) is 6.99. The lowest BCUT2D eigenvalue weighted by Crippen LogP contribution is -2.24. The third-order valence-corrected chi connectivity index (χ3v) is 4.33. The number of nitrogens with one attached hydrogen (secondary N) is 1. The number of hydrogen-bond acceptors (Lipinski definition) is 4. The summed E-state index contributed by atoms with van der Waals surface area (Å²) in [6, 6.07) is 10.8. The fourth-order valence-corrected chi connectivity index (χ4v) is 2.54. The number of hydrogen-bond donors (Lipinski definition) is 1. The van der Waals surface area contributed by atoms with Crippen molar-refractivity contribution in [2.75, 3.05) is 5.32 Å². The maximum absolute atomic E-state index is 12.5. The molecule has 5 nitrogen and oxygen atoms in total. The summed E-state index contributed by atoms with van der Waals surface area (Å²) in [7, 11) is 0. The number of rotatable bonds is 6. The molecule has 0 saturated heterocycles. The summed E-state index contributed by atoms with van der Waals surface area (Å²) in [6.07, 6.45) is -1.01. The molecular formula is C20H19Cl2NO4. The van der Waals surface area contributed by atoms with E-state index in [1.54, 1.807) is 44.2 Å². The van der Waals surface area contributed by atoms with Crippen molar-refractivity contribution >= 4 is 46.5 Å². The molecule has 0 aliphatic rings. The monoisotopic (exact) mass is 407 g/mol. The van der Waals surface area contributed by atoms with Gasteiger partial charge in [0.1, 0.15) is 0 Å². The number of anilines is 1. The Morgan fingerprint density at radius 3 is 2.19 bits per heavy atom. The highest BCUT2D eigenvalue weighted by atomic mass is 35.5. The van der Waals surface area contributed by atoms with Gasteiger partial charge in [-0.15, -0.1) is 0 Å². The van der Waals surface area contributed by atoms with Gasteiger partial charge in [-0.05, 0) is 49.4 Å². The van der Waals surface area contributed by atoms with Crippen LogP contribution in [0.5, 0.6) is 0 Å². The topological polar surface area (TPSA) is 72.5 Å². The maximum Gasteiger partial charge on any atom is 0.340 e. The van der Waals surface area contributed by atoms with Gasteiger partial charge in [0.2, 0.25) is 11.7 Å². The molecule has 0 bridgehead atoms. The molecule has 0 aromatic heterocycles. The van der Waals surface area contributed by atoms with E-state index >= 15 is 0 Å². The number of carbonyl (C=O) groups excluding carboxylic acids is 3. The molecule has 27 heavy (non-hydrogen) atoms. The highest BCUT2D eigenvalue weighted by Gasteiger charge is 2.22. The predicted octanol–water partition coefficient (Wildman–Crippen LogP) is 5.02. The van der Waals surface area contributed by atoms with Gasteiger partial charge in [-0.3, -0.25) is 9.59 Å². The van der Waals surface area contributed by atoms with Crippen LogP contribution in [0.1, 0.15) is 41.5 Å². The van der Waals surface area contributed by atoms with E-state index in [0.717, 1.165) is 0 Å². The molecule has 1 amide bonds. The van der Waals surface area contributed by atoms with Gasteiger partial charge >= 0.3 is 5.97 Å². The Labute approximate surface area is 167 Å². The zero-order valence-electron chi connectivity index (χ0n) is 15.1. The molecule has 1 atom stereocenters. The van der Waals surface area contributed by atoms with Gasteiger partial charge in [0.25, 0.3) is 0 Å². The van der Waals surface area contributed by atoms with E-state index in [-0.39, 0.29) is 28.2 Å². The number of ketones is 1. The number of amides is 1. The van der Waals surface area contributed by atoms with Crippen LogP contribution in [0.25, 0.3) is 0 Å². The summed E-state index contributed by atoms with van der Waals surface area (Å²) >= 11 is 11.8. The fourth-order valence-electron chi connectivity index (χ4n) is 2.17. The molecule has 2 aromatic carbocycles. The molecule has 0 heterocycles. The predicted molar refractivity (Wildman–Crippen MR) is 106 cm³/mol. The normalized spacial score (nSPS) is 11.8. The van der Waals surface area contributed by atoms with E-state index in [1.165, 1.54) is 19.1 Å².